The van der Waals surface area contributed by atoms with Gasteiger partial charge in [-0.15, -0.1) is 0 Å². The maximum Gasteiger partial charge on any atom is 0.253 e. The van der Waals surface area contributed by atoms with Crippen LogP contribution in [-0.2, 0) is 12.8 Å². The summed E-state index contributed by atoms with van der Waals surface area (Å²) in [7, 11) is 3.45. The average molecular weight is 286 g/mol. The zero-order valence-corrected chi connectivity index (χ0v) is 13.1. The lowest BCUT2D eigenvalue weighted by Gasteiger charge is -2.13. The Kier molecular flexibility index (Phi) is 4.31. The predicted octanol–water partition coefficient (Wildman–Crippen LogP) is 2.28. The Morgan fingerprint density at radius 1 is 1.24 bits per heavy atom. The zero-order valence-electron chi connectivity index (χ0n) is 13.1. The molecule has 5 nitrogen and oxygen atoms in total. The number of aryl methyl sites for hydroxylation is 2. The van der Waals surface area contributed by atoms with Gasteiger partial charge in [0.25, 0.3) is 5.91 Å². The first-order valence-electron chi connectivity index (χ1n) is 7.17. The maximum atomic E-state index is 12.0. The van der Waals surface area contributed by atoms with Gasteiger partial charge in [-0.3, -0.25) is 4.79 Å². The van der Waals surface area contributed by atoms with E-state index in [1.54, 1.807) is 26.2 Å². The number of nitrogens with two attached hydrogens (primary N) is 1. The quantitative estimate of drug-likeness (QED) is 0.877. The molecule has 1 aromatic carbocycles. The molecule has 0 saturated carbocycles. The number of carbonyl (C=O) groups is 1. The number of hydrogen-bond donors (Lipinski definition) is 1. The summed E-state index contributed by atoms with van der Waals surface area (Å²) in [6.07, 6.45) is 1.77. The fraction of sp³-hybridized carbons (Fsp3) is 0.375. The molecule has 0 aliphatic rings. The third kappa shape index (κ3) is 2.91. The molecule has 0 radical (unpaired) electrons. The van der Waals surface area contributed by atoms with Crippen LogP contribution in [0.1, 0.15) is 35.6 Å². The van der Waals surface area contributed by atoms with Gasteiger partial charge >= 0.3 is 0 Å². The molecule has 1 amide bonds. The van der Waals surface area contributed by atoms with E-state index in [1.165, 1.54) is 4.90 Å². The zero-order chi connectivity index (χ0) is 15.6. The Morgan fingerprint density at radius 3 is 2.48 bits per heavy atom. The fourth-order valence-corrected chi connectivity index (χ4v) is 2.25. The third-order valence-electron chi connectivity index (χ3n) is 3.47. The molecule has 0 fully saturated rings. The molecule has 0 saturated heterocycles. The van der Waals surface area contributed by atoms with Crippen LogP contribution in [-0.4, -0.2) is 34.7 Å². The van der Waals surface area contributed by atoms with Crippen molar-refractivity contribution in [1.29, 1.82) is 0 Å². The summed E-state index contributed by atoms with van der Waals surface area (Å²) in [5, 5.41) is 4.58. The normalized spacial score (nSPS) is 10.7. The minimum absolute atomic E-state index is 0.0568. The second-order valence-corrected chi connectivity index (χ2v) is 5.22. The molecule has 2 N–H and O–H groups in total. The van der Waals surface area contributed by atoms with Crippen molar-refractivity contribution in [3.8, 4) is 5.69 Å². The Bertz CT molecular complexity index is 658. The second-order valence-electron chi connectivity index (χ2n) is 5.22. The molecule has 1 aromatic heterocycles. The van der Waals surface area contributed by atoms with Crippen LogP contribution < -0.4 is 5.73 Å². The van der Waals surface area contributed by atoms with Crippen LogP contribution in [0.5, 0.6) is 0 Å². The third-order valence-corrected chi connectivity index (χ3v) is 3.47. The molecule has 0 atom stereocenters. The summed E-state index contributed by atoms with van der Waals surface area (Å²) in [5.41, 5.74) is 10.3. The summed E-state index contributed by atoms with van der Waals surface area (Å²) in [6.45, 7) is 4.17. The average Bonchev–Trinajstić information content (AvgIpc) is 2.89. The van der Waals surface area contributed by atoms with Gasteiger partial charge in [0.1, 0.15) is 0 Å². The summed E-state index contributed by atoms with van der Waals surface area (Å²) < 4.78 is 1.87. The highest BCUT2D eigenvalue weighted by Crippen LogP contribution is 2.22. The maximum absolute atomic E-state index is 12.0. The molecule has 21 heavy (non-hydrogen) atoms. The number of anilines is 1. The Balaban J connectivity index is 2.46. The van der Waals surface area contributed by atoms with Crippen molar-refractivity contribution >= 4 is 11.6 Å². The number of aromatic nitrogens is 2. The molecule has 1 heterocycles. The number of nitrogen functional groups attached to an aromatic ring is 1. The smallest absolute Gasteiger partial charge is 0.253 e. The van der Waals surface area contributed by atoms with Crippen molar-refractivity contribution in [3.63, 3.8) is 0 Å². The van der Waals surface area contributed by atoms with Crippen LogP contribution in [0.3, 0.4) is 0 Å². The van der Waals surface area contributed by atoms with E-state index in [9.17, 15) is 4.79 Å². The molecular formula is C16H22N4O. The minimum atomic E-state index is -0.0568. The second kappa shape index (κ2) is 5.99. The molecule has 2 aromatic rings. The summed E-state index contributed by atoms with van der Waals surface area (Å²) >= 11 is 0. The van der Waals surface area contributed by atoms with Crippen LogP contribution in [0.4, 0.5) is 5.69 Å². The molecule has 2 rings (SSSR count). The first-order chi connectivity index (χ1) is 9.97. The Morgan fingerprint density at radius 2 is 1.95 bits per heavy atom. The molecule has 0 unspecified atom stereocenters. The summed E-state index contributed by atoms with van der Waals surface area (Å²) in [4.78, 5) is 13.5. The van der Waals surface area contributed by atoms with E-state index in [2.05, 4.69) is 25.0 Å². The van der Waals surface area contributed by atoms with Gasteiger partial charge in [-0.25, -0.2) is 4.68 Å². The monoisotopic (exact) mass is 286 g/mol. The van der Waals surface area contributed by atoms with Gasteiger partial charge in [-0.2, -0.15) is 5.10 Å². The lowest BCUT2D eigenvalue weighted by molar-refractivity contribution is 0.0827. The van der Waals surface area contributed by atoms with Crippen molar-refractivity contribution < 1.29 is 4.79 Å². The predicted molar refractivity (Wildman–Crippen MR) is 84.7 cm³/mol. The topological polar surface area (TPSA) is 64.2 Å². The molecule has 112 valence electrons. The number of rotatable bonds is 4. The Labute approximate surface area is 125 Å². The Hall–Kier alpha value is -2.30. The molecule has 0 bridgehead atoms. The van der Waals surface area contributed by atoms with Crippen LogP contribution in [0.25, 0.3) is 5.69 Å². The van der Waals surface area contributed by atoms with Gasteiger partial charge in [-0.1, -0.05) is 13.8 Å². The summed E-state index contributed by atoms with van der Waals surface area (Å²) in [6, 6.07) is 7.46. The fourth-order valence-electron chi connectivity index (χ4n) is 2.25. The van der Waals surface area contributed by atoms with Crippen molar-refractivity contribution in [2.24, 2.45) is 0 Å². The number of amides is 1. The number of nitrogens with zero attached hydrogens (tertiary/aromatic N) is 3. The number of carbonyl (C=O) groups excluding carboxylic acids is 1. The van der Waals surface area contributed by atoms with Crippen LogP contribution in [0.15, 0.2) is 24.3 Å². The van der Waals surface area contributed by atoms with Gasteiger partial charge in [0.05, 0.1) is 17.1 Å². The molecule has 5 heteroatoms. The van der Waals surface area contributed by atoms with Crippen LogP contribution >= 0.6 is 0 Å². The van der Waals surface area contributed by atoms with Crippen LogP contribution in [0.2, 0.25) is 0 Å². The van der Waals surface area contributed by atoms with Gasteiger partial charge in [0, 0.05) is 25.4 Å². The molecule has 0 aliphatic heterocycles. The standard InChI is InChI=1S/C16H22N4O/c1-5-12-10-13(6-2)20(18-12)15-8-7-11(9-14(15)17)16(21)19(3)4/h7-10H,5-6,17H2,1-4H3. The molecule has 0 aliphatic carbocycles. The SMILES string of the molecule is CCc1cc(CC)n(-c2ccc(C(=O)N(C)C)cc2N)n1. The molecular weight excluding hydrogens is 264 g/mol. The van der Waals surface area contributed by atoms with E-state index < -0.39 is 0 Å². The highest BCUT2D eigenvalue weighted by atomic mass is 16.2. The largest absolute Gasteiger partial charge is 0.397 e. The van der Waals surface area contributed by atoms with Gasteiger partial charge < -0.3 is 10.6 Å². The first kappa shape index (κ1) is 15.1. The van der Waals surface area contributed by atoms with Gasteiger partial charge in [0.2, 0.25) is 0 Å². The lowest BCUT2D eigenvalue weighted by atomic mass is 10.1. The van der Waals surface area contributed by atoms with Crippen molar-refractivity contribution in [1.82, 2.24) is 14.7 Å². The lowest BCUT2D eigenvalue weighted by Crippen LogP contribution is -2.22. The van der Waals surface area contributed by atoms with Gasteiger partial charge in [0.15, 0.2) is 0 Å². The highest BCUT2D eigenvalue weighted by molar-refractivity contribution is 5.95. The molecule has 0 spiro atoms. The first-order valence-corrected chi connectivity index (χ1v) is 7.17. The van der Waals surface area contributed by atoms with E-state index in [0.717, 1.165) is 29.9 Å². The minimum Gasteiger partial charge on any atom is -0.397 e. The van der Waals surface area contributed by atoms with Crippen LogP contribution in [0, 0.1) is 0 Å². The van der Waals surface area contributed by atoms with E-state index in [4.69, 9.17) is 5.73 Å². The van der Waals surface area contributed by atoms with E-state index in [-0.39, 0.29) is 5.91 Å². The highest BCUT2D eigenvalue weighted by Gasteiger charge is 2.13. The van der Waals surface area contributed by atoms with E-state index in [1.807, 2.05) is 10.7 Å². The van der Waals surface area contributed by atoms with Crippen molar-refractivity contribution in [2.75, 3.05) is 19.8 Å². The van der Waals surface area contributed by atoms with Gasteiger partial charge in [-0.05, 0) is 37.1 Å². The van der Waals surface area contributed by atoms with Crippen molar-refractivity contribution in [3.05, 3.63) is 41.2 Å². The van der Waals surface area contributed by atoms with E-state index >= 15 is 0 Å². The van der Waals surface area contributed by atoms with Crippen molar-refractivity contribution in [2.45, 2.75) is 26.7 Å². The van der Waals surface area contributed by atoms with E-state index in [0.29, 0.717) is 11.3 Å². The number of benzene rings is 1. The summed E-state index contributed by atoms with van der Waals surface area (Å²) in [5.74, 6) is -0.0568. The number of hydrogen-bond acceptors (Lipinski definition) is 3.